The maximum Gasteiger partial charge on any atom is 0.243 e. The predicted molar refractivity (Wildman–Crippen MR) is 73.3 cm³/mol. The minimum atomic E-state index is -3.40. The van der Waals surface area contributed by atoms with Crippen molar-refractivity contribution >= 4 is 26.0 Å². The standard InChI is InChI=1S/C12H16BrNO3S/c1-3-17-12-8-10(6-7-11(12)13)18(15,16)14(2)9-4-5-9/h6-9H,3-5H2,1-2H3. The minimum absolute atomic E-state index is 0.161. The lowest BCUT2D eigenvalue weighted by Crippen LogP contribution is -2.28. The van der Waals surface area contributed by atoms with Gasteiger partial charge in [0.05, 0.1) is 16.0 Å². The molecule has 0 atom stereocenters. The predicted octanol–water partition coefficient (Wildman–Crippen LogP) is 2.63. The maximum atomic E-state index is 12.3. The molecule has 0 aliphatic heterocycles. The Labute approximate surface area is 116 Å². The monoisotopic (exact) mass is 333 g/mol. The van der Waals surface area contributed by atoms with Crippen LogP contribution >= 0.6 is 15.9 Å². The van der Waals surface area contributed by atoms with Gasteiger partial charge in [0.25, 0.3) is 0 Å². The van der Waals surface area contributed by atoms with Crippen LogP contribution in [0.1, 0.15) is 19.8 Å². The van der Waals surface area contributed by atoms with Crippen LogP contribution in [0.25, 0.3) is 0 Å². The Morgan fingerprint density at radius 3 is 2.67 bits per heavy atom. The van der Waals surface area contributed by atoms with Gasteiger partial charge >= 0.3 is 0 Å². The smallest absolute Gasteiger partial charge is 0.243 e. The second kappa shape index (κ2) is 5.19. The van der Waals surface area contributed by atoms with Gasteiger partial charge in [-0.25, -0.2) is 8.42 Å². The molecule has 1 saturated carbocycles. The topological polar surface area (TPSA) is 46.6 Å². The first kappa shape index (κ1) is 13.8. The molecule has 1 aliphatic carbocycles. The first-order chi connectivity index (χ1) is 8.46. The van der Waals surface area contributed by atoms with Crippen LogP contribution in [-0.2, 0) is 10.0 Å². The van der Waals surface area contributed by atoms with E-state index in [2.05, 4.69) is 15.9 Å². The average Bonchev–Trinajstić information content (AvgIpc) is 3.15. The van der Waals surface area contributed by atoms with E-state index < -0.39 is 10.0 Å². The van der Waals surface area contributed by atoms with E-state index >= 15 is 0 Å². The molecule has 0 heterocycles. The maximum absolute atomic E-state index is 12.3. The molecule has 18 heavy (non-hydrogen) atoms. The molecule has 0 bridgehead atoms. The first-order valence-electron chi connectivity index (χ1n) is 5.87. The molecule has 100 valence electrons. The normalized spacial score (nSPS) is 16.0. The van der Waals surface area contributed by atoms with Crippen molar-refractivity contribution in [3.8, 4) is 5.75 Å². The van der Waals surface area contributed by atoms with Crippen molar-refractivity contribution < 1.29 is 13.2 Å². The Morgan fingerprint density at radius 1 is 1.44 bits per heavy atom. The highest BCUT2D eigenvalue weighted by Gasteiger charge is 2.35. The van der Waals surface area contributed by atoms with E-state index in [0.29, 0.717) is 12.4 Å². The fourth-order valence-corrected chi connectivity index (χ4v) is 3.50. The summed E-state index contributed by atoms with van der Waals surface area (Å²) in [5.41, 5.74) is 0. The molecule has 0 aromatic heterocycles. The van der Waals surface area contributed by atoms with Crippen LogP contribution in [0.3, 0.4) is 0 Å². The van der Waals surface area contributed by atoms with E-state index in [1.165, 1.54) is 4.31 Å². The number of nitrogens with zero attached hydrogens (tertiary/aromatic N) is 1. The lowest BCUT2D eigenvalue weighted by molar-refractivity contribution is 0.337. The quantitative estimate of drug-likeness (QED) is 0.832. The van der Waals surface area contributed by atoms with Crippen LogP contribution in [0.15, 0.2) is 27.6 Å². The van der Waals surface area contributed by atoms with Gasteiger partial charge in [-0.05, 0) is 47.8 Å². The summed E-state index contributed by atoms with van der Waals surface area (Å²) in [6.07, 6.45) is 1.90. The number of benzene rings is 1. The SMILES string of the molecule is CCOc1cc(S(=O)(=O)N(C)C2CC2)ccc1Br. The second-order valence-electron chi connectivity index (χ2n) is 4.28. The largest absolute Gasteiger partial charge is 0.493 e. The summed E-state index contributed by atoms with van der Waals surface area (Å²) in [4.78, 5) is 0.281. The lowest BCUT2D eigenvalue weighted by atomic mass is 10.3. The molecule has 0 radical (unpaired) electrons. The Morgan fingerprint density at radius 2 is 2.11 bits per heavy atom. The minimum Gasteiger partial charge on any atom is -0.493 e. The molecule has 0 unspecified atom stereocenters. The van der Waals surface area contributed by atoms with Crippen molar-refractivity contribution in [1.82, 2.24) is 4.31 Å². The van der Waals surface area contributed by atoms with Crippen LogP contribution in [0, 0.1) is 0 Å². The van der Waals surface area contributed by atoms with Crippen LogP contribution in [0.5, 0.6) is 5.75 Å². The molecule has 4 nitrogen and oxygen atoms in total. The van der Waals surface area contributed by atoms with Gasteiger partial charge in [-0.15, -0.1) is 0 Å². The van der Waals surface area contributed by atoms with Crippen LogP contribution in [0.4, 0.5) is 0 Å². The fourth-order valence-electron chi connectivity index (χ4n) is 1.71. The lowest BCUT2D eigenvalue weighted by Gasteiger charge is -2.17. The van der Waals surface area contributed by atoms with Gasteiger partial charge in [0, 0.05) is 19.2 Å². The summed E-state index contributed by atoms with van der Waals surface area (Å²) in [5.74, 6) is 0.558. The van der Waals surface area contributed by atoms with Gasteiger partial charge < -0.3 is 4.74 Å². The molecule has 1 aromatic carbocycles. The summed E-state index contributed by atoms with van der Waals surface area (Å²) in [6.45, 7) is 2.37. The van der Waals surface area contributed by atoms with Gasteiger partial charge in [0.15, 0.2) is 0 Å². The summed E-state index contributed by atoms with van der Waals surface area (Å²) < 4.78 is 32.3. The van der Waals surface area contributed by atoms with E-state index in [1.54, 1.807) is 25.2 Å². The Bertz CT molecular complexity index is 540. The molecule has 0 N–H and O–H groups in total. The summed E-state index contributed by atoms with van der Waals surface area (Å²) in [5, 5.41) is 0. The number of ether oxygens (including phenoxy) is 1. The molecule has 0 saturated heterocycles. The van der Waals surface area contributed by atoms with E-state index in [-0.39, 0.29) is 10.9 Å². The molecule has 0 spiro atoms. The van der Waals surface area contributed by atoms with Crippen LogP contribution in [-0.4, -0.2) is 32.4 Å². The third kappa shape index (κ3) is 2.70. The highest BCUT2D eigenvalue weighted by Crippen LogP contribution is 2.33. The van der Waals surface area contributed by atoms with Gasteiger partial charge in [0.1, 0.15) is 5.75 Å². The van der Waals surface area contributed by atoms with Crippen molar-refractivity contribution in [3.05, 3.63) is 22.7 Å². The van der Waals surface area contributed by atoms with Gasteiger partial charge in [-0.1, -0.05) is 0 Å². The number of hydrogen-bond acceptors (Lipinski definition) is 3. The number of sulfonamides is 1. The molecular weight excluding hydrogens is 318 g/mol. The van der Waals surface area contributed by atoms with Gasteiger partial charge in [-0.2, -0.15) is 4.31 Å². The third-order valence-corrected chi connectivity index (χ3v) is 5.50. The van der Waals surface area contributed by atoms with E-state index in [9.17, 15) is 8.42 Å². The van der Waals surface area contributed by atoms with E-state index in [0.717, 1.165) is 17.3 Å². The van der Waals surface area contributed by atoms with E-state index in [1.807, 2.05) is 6.92 Å². The zero-order valence-electron chi connectivity index (χ0n) is 10.4. The molecule has 2 rings (SSSR count). The van der Waals surface area contributed by atoms with Crippen LogP contribution < -0.4 is 4.74 Å². The molecule has 1 aromatic rings. The molecule has 1 aliphatic rings. The zero-order chi connectivity index (χ0) is 13.3. The molecule has 1 fully saturated rings. The van der Waals surface area contributed by atoms with Crippen molar-refractivity contribution in [2.24, 2.45) is 0 Å². The average molecular weight is 334 g/mol. The molecule has 6 heteroatoms. The molecule has 0 amide bonds. The van der Waals surface area contributed by atoms with Crippen molar-refractivity contribution in [2.45, 2.75) is 30.7 Å². The summed E-state index contributed by atoms with van der Waals surface area (Å²) >= 11 is 3.34. The highest BCUT2D eigenvalue weighted by molar-refractivity contribution is 9.10. The van der Waals surface area contributed by atoms with Gasteiger partial charge in [0.2, 0.25) is 10.0 Å². The summed E-state index contributed by atoms with van der Waals surface area (Å²) in [6, 6.07) is 5.04. The number of halogens is 1. The number of rotatable bonds is 5. The van der Waals surface area contributed by atoms with Crippen LogP contribution in [0.2, 0.25) is 0 Å². The Kier molecular flexibility index (Phi) is 3.99. The Balaban J connectivity index is 2.35. The van der Waals surface area contributed by atoms with E-state index in [4.69, 9.17) is 4.74 Å². The first-order valence-corrected chi connectivity index (χ1v) is 8.10. The van der Waals surface area contributed by atoms with Crippen molar-refractivity contribution in [2.75, 3.05) is 13.7 Å². The van der Waals surface area contributed by atoms with Crippen molar-refractivity contribution in [1.29, 1.82) is 0 Å². The van der Waals surface area contributed by atoms with Gasteiger partial charge in [-0.3, -0.25) is 0 Å². The third-order valence-electron chi connectivity index (χ3n) is 2.94. The Hall–Kier alpha value is -0.590. The van der Waals surface area contributed by atoms with Crippen molar-refractivity contribution in [3.63, 3.8) is 0 Å². The highest BCUT2D eigenvalue weighted by atomic mass is 79.9. The second-order valence-corrected chi connectivity index (χ2v) is 7.13. The molecular formula is C12H16BrNO3S. The zero-order valence-corrected chi connectivity index (χ0v) is 12.8. The summed E-state index contributed by atoms with van der Waals surface area (Å²) in [7, 11) is -1.77. The fraction of sp³-hybridized carbons (Fsp3) is 0.500. The number of hydrogen-bond donors (Lipinski definition) is 0.